The van der Waals surface area contributed by atoms with E-state index in [1.807, 2.05) is 12.1 Å². The first kappa shape index (κ1) is 20.2. The summed E-state index contributed by atoms with van der Waals surface area (Å²) in [6, 6.07) is 6.21. The molecule has 5 heteroatoms. The number of ether oxygens (including phenoxy) is 2. The molecule has 0 atom stereocenters. The summed E-state index contributed by atoms with van der Waals surface area (Å²) in [4.78, 5) is 17.5. The molecule has 2 aliphatic rings. The van der Waals surface area contributed by atoms with E-state index >= 15 is 0 Å². The first-order valence-electron chi connectivity index (χ1n) is 10.6. The molecule has 1 amide bonds. The first-order chi connectivity index (χ1) is 13.3. The van der Waals surface area contributed by atoms with E-state index in [9.17, 15) is 4.79 Å². The molecule has 0 saturated carbocycles. The highest BCUT2D eigenvalue weighted by Crippen LogP contribution is 2.26. The molecule has 0 radical (unpaired) electrons. The van der Waals surface area contributed by atoms with Crippen molar-refractivity contribution >= 4 is 5.91 Å². The third-order valence-corrected chi connectivity index (χ3v) is 5.53. The van der Waals surface area contributed by atoms with Crippen LogP contribution in [0.5, 0.6) is 5.75 Å². The largest absolute Gasteiger partial charge is 0.493 e. The molecular weight excluding hydrogens is 340 g/mol. The number of nitrogens with zero attached hydrogens (tertiary/aromatic N) is 2. The van der Waals surface area contributed by atoms with Crippen molar-refractivity contribution in [2.75, 3.05) is 52.5 Å². The van der Waals surface area contributed by atoms with Crippen LogP contribution in [-0.4, -0.2) is 68.3 Å². The highest BCUT2D eigenvalue weighted by molar-refractivity contribution is 5.79. The molecule has 0 bridgehead atoms. The Morgan fingerprint density at radius 1 is 1.11 bits per heavy atom. The number of hydrogen-bond acceptors (Lipinski definition) is 4. The second-order valence-electron chi connectivity index (χ2n) is 7.61. The number of unbranched alkanes of at least 4 members (excludes halogenated alkanes) is 3. The fourth-order valence-corrected chi connectivity index (χ4v) is 3.81. The van der Waals surface area contributed by atoms with Crippen LogP contribution in [0.1, 0.15) is 43.7 Å². The molecule has 3 rings (SSSR count). The third-order valence-electron chi connectivity index (χ3n) is 5.53. The van der Waals surface area contributed by atoms with E-state index in [1.165, 1.54) is 24.8 Å². The highest BCUT2D eigenvalue weighted by atomic mass is 16.5. The lowest BCUT2D eigenvalue weighted by Gasteiger charge is -2.30. The van der Waals surface area contributed by atoms with Gasteiger partial charge in [0.15, 0.2) is 0 Å². The van der Waals surface area contributed by atoms with E-state index in [0.29, 0.717) is 6.42 Å². The van der Waals surface area contributed by atoms with E-state index in [2.05, 4.69) is 22.8 Å². The number of amides is 1. The maximum atomic E-state index is 13.0. The molecule has 150 valence electrons. The van der Waals surface area contributed by atoms with E-state index in [1.54, 1.807) is 0 Å². The van der Waals surface area contributed by atoms with Crippen molar-refractivity contribution < 1.29 is 14.3 Å². The van der Waals surface area contributed by atoms with Crippen molar-refractivity contribution in [2.24, 2.45) is 0 Å². The van der Waals surface area contributed by atoms with Gasteiger partial charge >= 0.3 is 0 Å². The van der Waals surface area contributed by atoms with E-state index in [4.69, 9.17) is 9.47 Å². The zero-order chi connectivity index (χ0) is 18.9. The molecule has 2 heterocycles. The monoisotopic (exact) mass is 374 g/mol. The van der Waals surface area contributed by atoms with Crippen molar-refractivity contribution in [1.29, 1.82) is 0 Å². The van der Waals surface area contributed by atoms with Gasteiger partial charge in [-0.15, -0.1) is 0 Å². The van der Waals surface area contributed by atoms with Crippen molar-refractivity contribution in [3.8, 4) is 5.75 Å². The van der Waals surface area contributed by atoms with Crippen LogP contribution >= 0.6 is 0 Å². The number of morpholine rings is 1. The summed E-state index contributed by atoms with van der Waals surface area (Å²) in [5.41, 5.74) is 2.34. The SMILES string of the molecule is CCCCCCN(CCN1CCOCC1)C(=O)Cc1ccc2c(c1)CCO2. The van der Waals surface area contributed by atoms with Crippen LogP contribution in [0.4, 0.5) is 0 Å². The summed E-state index contributed by atoms with van der Waals surface area (Å²) in [5.74, 6) is 1.23. The summed E-state index contributed by atoms with van der Waals surface area (Å²) in [6.45, 7) is 9.18. The van der Waals surface area contributed by atoms with Gasteiger partial charge in [0.1, 0.15) is 5.75 Å². The Morgan fingerprint density at radius 3 is 2.78 bits per heavy atom. The quantitative estimate of drug-likeness (QED) is 0.591. The Balaban J connectivity index is 1.54. The van der Waals surface area contributed by atoms with Crippen LogP contribution < -0.4 is 4.74 Å². The van der Waals surface area contributed by atoms with Crippen LogP contribution in [0.2, 0.25) is 0 Å². The lowest BCUT2D eigenvalue weighted by atomic mass is 10.1. The van der Waals surface area contributed by atoms with Gasteiger partial charge < -0.3 is 14.4 Å². The van der Waals surface area contributed by atoms with Gasteiger partial charge in [-0.1, -0.05) is 38.3 Å². The van der Waals surface area contributed by atoms with Gasteiger partial charge in [0.2, 0.25) is 5.91 Å². The fraction of sp³-hybridized carbons (Fsp3) is 0.682. The lowest BCUT2D eigenvalue weighted by molar-refractivity contribution is -0.130. The summed E-state index contributed by atoms with van der Waals surface area (Å²) >= 11 is 0. The predicted molar refractivity (Wildman–Crippen MR) is 107 cm³/mol. The smallest absolute Gasteiger partial charge is 0.227 e. The Morgan fingerprint density at radius 2 is 1.96 bits per heavy atom. The van der Waals surface area contributed by atoms with Gasteiger partial charge in [-0.3, -0.25) is 9.69 Å². The molecule has 1 aromatic rings. The van der Waals surface area contributed by atoms with Crippen LogP contribution in [0.3, 0.4) is 0 Å². The van der Waals surface area contributed by atoms with E-state index in [0.717, 1.165) is 76.7 Å². The first-order valence-corrected chi connectivity index (χ1v) is 10.6. The maximum absolute atomic E-state index is 13.0. The average Bonchev–Trinajstić information content (AvgIpc) is 3.16. The van der Waals surface area contributed by atoms with E-state index < -0.39 is 0 Å². The zero-order valence-electron chi connectivity index (χ0n) is 16.8. The molecule has 0 aromatic heterocycles. The molecule has 0 spiro atoms. The van der Waals surface area contributed by atoms with Crippen molar-refractivity contribution in [3.63, 3.8) is 0 Å². The fourth-order valence-electron chi connectivity index (χ4n) is 3.81. The number of rotatable bonds is 10. The standard InChI is InChI=1S/C22H34N2O3/c1-2-3-4-5-9-24(11-10-23-12-15-26-16-13-23)22(25)18-19-6-7-21-20(17-19)8-14-27-21/h6-7,17H,2-5,8-16,18H2,1H3. The number of hydrogen-bond donors (Lipinski definition) is 0. The number of fused-ring (bicyclic) bond motifs is 1. The van der Waals surface area contributed by atoms with Gasteiger partial charge in [0, 0.05) is 39.1 Å². The van der Waals surface area contributed by atoms with Crippen molar-refractivity contribution in [3.05, 3.63) is 29.3 Å². The van der Waals surface area contributed by atoms with Crippen molar-refractivity contribution in [2.45, 2.75) is 45.4 Å². The maximum Gasteiger partial charge on any atom is 0.227 e. The molecule has 27 heavy (non-hydrogen) atoms. The van der Waals surface area contributed by atoms with Gasteiger partial charge in [0.05, 0.1) is 26.2 Å². The normalized spacial score (nSPS) is 16.8. The van der Waals surface area contributed by atoms with Crippen molar-refractivity contribution in [1.82, 2.24) is 9.80 Å². The minimum atomic E-state index is 0.249. The molecule has 1 aromatic carbocycles. The molecule has 0 unspecified atom stereocenters. The Kier molecular flexibility index (Phi) is 7.96. The van der Waals surface area contributed by atoms with Gasteiger partial charge in [0.25, 0.3) is 0 Å². The predicted octanol–water partition coefficient (Wildman–Crippen LogP) is 2.91. The topological polar surface area (TPSA) is 42.0 Å². The Hall–Kier alpha value is -1.59. The van der Waals surface area contributed by atoms with Gasteiger partial charge in [-0.25, -0.2) is 0 Å². The zero-order valence-corrected chi connectivity index (χ0v) is 16.8. The van der Waals surface area contributed by atoms with Crippen LogP contribution in [0.15, 0.2) is 18.2 Å². The van der Waals surface area contributed by atoms with Crippen LogP contribution in [0, 0.1) is 0 Å². The third kappa shape index (κ3) is 6.22. The minimum Gasteiger partial charge on any atom is -0.493 e. The summed E-state index contributed by atoms with van der Waals surface area (Å²) in [6.07, 6.45) is 6.21. The summed E-state index contributed by atoms with van der Waals surface area (Å²) in [7, 11) is 0. The Bertz CT molecular complexity index is 599. The summed E-state index contributed by atoms with van der Waals surface area (Å²) in [5, 5.41) is 0. The second kappa shape index (κ2) is 10.7. The number of carbonyl (C=O) groups is 1. The molecule has 1 fully saturated rings. The molecule has 2 aliphatic heterocycles. The molecular formula is C22H34N2O3. The number of carbonyl (C=O) groups excluding carboxylic acids is 1. The lowest BCUT2D eigenvalue weighted by Crippen LogP contribution is -2.43. The molecule has 1 saturated heterocycles. The summed E-state index contributed by atoms with van der Waals surface area (Å²) < 4.78 is 11.0. The van der Waals surface area contributed by atoms with Gasteiger partial charge in [-0.2, -0.15) is 0 Å². The molecule has 5 nitrogen and oxygen atoms in total. The molecule has 0 N–H and O–H groups in total. The minimum absolute atomic E-state index is 0.249. The second-order valence-corrected chi connectivity index (χ2v) is 7.61. The van der Waals surface area contributed by atoms with Crippen LogP contribution in [0.25, 0.3) is 0 Å². The van der Waals surface area contributed by atoms with E-state index in [-0.39, 0.29) is 5.91 Å². The Labute approximate surface area is 163 Å². The number of benzene rings is 1. The molecule has 0 aliphatic carbocycles. The average molecular weight is 375 g/mol. The van der Waals surface area contributed by atoms with Gasteiger partial charge in [-0.05, 0) is 23.6 Å². The van der Waals surface area contributed by atoms with Crippen LogP contribution in [-0.2, 0) is 22.4 Å². The highest BCUT2D eigenvalue weighted by Gasteiger charge is 2.18.